The van der Waals surface area contributed by atoms with Crippen LogP contribution in [0.15, 0.2) is 36.0 Å². The van der Waals surface area contributed by atoms with Gasteiger partial charge in [-0.05, 0) is 18.1 Å². The van der Waals surface area contributed by atoms with E-state index in [2.05, 4.69) is 21.3 Å². The number of ether oxygens (including phenoxy) is 1. The van der Waals surface area contributed by atoms with Crippen LogP contribution >= 0.6 is 0 Å². The summed E-state index contributed by atoms with van der Waals surface area (Å²) in [6.07, 6.45) is -5.12. The second-order valence-corrected chi connectivity index (χ2v) is 4.62. The van der Waals surface area contributed by atoms with Crippen LogP contribution in [0.4, 0.5) is 13.2 Å². The highest BCUT2D eigenvalue weighted by molar-refractivity contribution is 6.01. The summed E-state index contributed by atoms with van der Waals surface area (Å²) in [7, 11) is 0.954. The van der Waals surface area contributed by atoms with E-state index < -0.39 is 18.4 Å². The number of allylic oxidation sites excluding steroid dienone is 1. The molecule has 0 spiro atoms. The molecule has 0 amide bonds. The van der Waals surface area contributed by atoms with E-state index in [0.717, 1.165) is 18.2 Å². The normalized spacial score (nSPS) is 22.4. The van der Waals surface area contributed by atoms with Crippen molar-refractivity contribution in [3.8, 4) is 0 Å². The van der Waals surface area contributed by atoms with Crippen molar-refractivity contribution in [2.45, 2.75) is 25.3 Å². The van der Waals surface area contributed by atoms with E-state index in [9.17, 15) is 13.2 Å². The van der Waals surface area contributed by atoms with E-state index in [1.807, 2.05) is 6.92 Å². The van der Waals surface area contributed by atoms with Gasteiger partial charge in [0.15, 0.2) is 0 Å². The third kappa shape index (κ3) is 2.43. The van der Waals surface area contributed by atoms with Crippen molar-refractivity contribution in [2.24, 2.45) is 5.16 Å². The molecule has 1 aromatic carbocycles. The van der Waals surface area contributed by atoms with E-state index in [1.54, 1.807) is 24.3 Å². The van der Waals surface area contributed by atoms with Crippen molar-refractivity contribution in [1.82, 2.24) is 0 Å². The molecule has 1 atom stereocenters. The summed E-state index contributed by atoms with van der Waals surface area (Å²) in [6, 6.07) is 6.93. The first-order valence-corrected chi connectivity index (χ1v) is 5.92. The van der Waals surface area contributed by atoms with Gasteiger partial charge < -0.3 is 9.57 Å². The monoisotopic (exact) mass is 285 g/mol. The van der Waals surface area contributed by atoms with E-state index in [4.69, 9.17) is 0 Å². The molecule has 2 rings (SSSR count). The molecule has 1 aliphatic rings. The molecule has 108 valence electrons. The van der Waals surface area contributed by atoms with Gasteiger partial charge in [-0.2, -0.15) is 13.2 Å². The molecule has 0 saturated heterocycles. The first-order chi connectivity index (χ1) is 9.29. The first kappa shape index (κ1) is 14.6. The zero-order valence-corrected chi connectivity index (χ0v) is 11.1. The van der Waals surface area contributed by atoms with Gasteiger partial charge in [0.25, 0.3) is 0 Å². The van der Waals surface area contributed by atoms with E-state index in [1.165, 1.54) is 0 Å². The topological polar surface area (TPSA) is 30.8 Å². The Kier molecular flexibility index (Phi) is 3.60. The van der Waals surface area contributed by atoms with Gasteiger partial charge in [-0.1, -0.05) is 41.6 Å². The summed E-state index contributed by atoms with van der Waals surface area (Å²) in [5.41, 5.74) is 2.57. The maximum absolute atomic E-state index is 12.9. The summed E-state index contributed by atoms with van der Waals surface area (Å²) in [5.74, 6) is -2.69. The Morgan fingerprint density at radius 1 is 1.35 bits per heavy atom. The second-order valence-electron chi connectivity index (χ2n) is 4.62. The van der Waals surface area contributed by atoms with Crippen molar-refractivity contribution < 1.29 is 22.7 Å². The number of halogens is 3. The van der Waals surface area contributed by atoms with Crippen LogP contribution in [0.1, 0.15) is 24.5 Å². The molecule has 1 unspecified atom stereocenters. The van der Waals surface area contributed by atoms with Gasteiger partial charge in [0.05, 0.1) is 12.1 Å². The molecule has 0 aromatic heterocycles. The predicted molar refractivity (Wildman–Crippen MR) is 69.2 cm³/mol. The largest absolute Gasteiger partial charge is 0.458 e. The van der Waals surface area contributed by atoms with Gasteiger partial charge in [-0.25, -0.2) is 0 Å². The maximum Gasteiger partial charge on any atom is 0.458 e. The van der Waals surface area contributed by atoms with Crippen molar-refractivity contribution in [3.05, 3.63) is 42.0 Å². The van der Waals surface area contributed by atoms with Gasteiger partial charge in [0, 0.05) is 7.11 Å². The highest BCUT2D eigenvalue weighted by Crippen LogP contribution is 2.41. The van der Waals surface area contributed by atoms with E-state index >= 15 is 0 Å². The van der Waals surface area contributed by atoms with Crippen LogP contribution in [0.2, 0.25) is 0 Å². The number of nitrogens with zero attached hydrogens (tertiary/aromatic N) is 1. The van der Waals surface area contributed by atoms with Crippen LogP contribution in [0.3, 0.4) is 0 Å². The Morgan fingerprint density at radius 3 is 2.35 bits per heavy atom. The van der Waals surface area contributed by atoms with Crippen molar-refractivity contribution in [1.29, 1.82) is 0 Å². The molecule has 0 N–H and O–H groups in total. The molecule has 20 heavy (non-hydrogen) atoms. The van der Waals surface area contributed by atoms with E-state index in [0.29, 0.717) is 5.56 Å². The van der Waals surface area contributed by atoms with Gasteiger partial charge in [0.1, 0.15) is 0 Å². The molecule has 3 nitrogen and oxygen atoms in total. The molecule has 0 radical (unpaired) electrons. The molecule has 0 bridgehead atoms. The average molecular weight is 285 g/mol. The standard InChI is InChI=1S/C14H14F3NO2/c1-9(2)10-4-6-11(7-5-10)12-8-13(19-3,20-18-12)14(15,16)17/h4-7H,1,8H2,2-3H3. The predicted octanol–water partition coefficient (Wildman–Crippen LogP) is 3.75. The third-order valence-electron chi connectivity index (χ3n) is 3.18. The smallest absolute Gasteiger partial charge is 0.349 e. The molecule has 0 saturated carbocycles. The summed E-state index contributed by atoms with van der Waals surface area (Å²) in [5, 5.41) is 3.52. The lowest BCUT2D eigenvalue weighted by Gasteiger charge is -2.26. The molecule has 1 heterocycles. The molecule has 1 aliphatic heterocycles. The SMILES string of the molecule is C=C(C)c1ccc(C2=NOC(OC)(C(F)(F)F)C2)cc1. The molecule has 0 fully saturated rings. The molecule has 0 aliphatic carbocycles. The lowest BCUT2D eigenvalue weighted by atomic mass is 10.00. The minimum atomic E-state index is -4.65. The number of methoxy groups -OCH3 is 1. The molecule has 6 heteroatoms. The maximum atomic E-state index is 12.9. The number of rotatable bonds is 3. The number of hydrogen-bond acceptors (Lipinski definition) is 3. The Balaban J connectivity index is 2.22. The van der Waals surface area contributed by atoms with Crippen LogP contribution in [0, 0.1) is 0 Å². The van der Waals surface area contributed by atoms with Gasteiger partial charge in [-0.15, -0.1) is 0 Å². The lowest BCUT2D eigenvalue weighted by molar-refractivity contribution is -0.364. The Labute approximate surface area is 114 Å². The van der Waals surface area contributed by atoms with Crippen LogP contribution < -0.4 is 0 Å². The lowest BCUT2D eigenvalue weighted by Crippen LogP contribution is -2.47. The second kappa shape index (κ2) is 4.94. The van der Waals surface area contributed by atoms with Gasteiger partial charge >= 0.3 is 12.0 Å². The van der Waals surface area contributed by atoms with Crippen LogP contribution in [0.5, 0.6) is 0 Å². The van der Waals surface area contributed by atoms with Crippen molar-refractivity contribution in [3.63, 3.8) is 0 Å². The molecular formula is C14H14F3NO2. The summed E-state index contributed by atoms with van der Waals surface area (Å²) in [6.45, 7) is 5.65. The Hall–Kier alpha value is -1.82. The zero-order chi connectivity index (χ0) is 15.0. The van der Waals surface area contributed by atoms with Crippen LogP contribution in [0.25, 0.3) is 5.57 Å². The highest BCUT2D eigenvalue weighted by Gasteiger charge is 2.62. The highest BCUT2D eigenvalue weighted by atomic mass is 19.4. The average Bonchev–Trinajstić information content (AvgIpc) is 2.84. The van der Waals surface area contributed by atoms with Crippen LogP contribution in [-0.2, 0) is 9.57 Å². The Morgan fingerprint density at radius 2 is 1.95 bits per heavy atom. The van der Waals surface area contributed by atoms with Crippen molar-refractivity contribution >= 4 is 11.3 Å². The number of hydrogen-bond donors (Lipinski definition) is 0. The number of alkyl halides is 3. The zero-order valence-electron chi connectivity index (χ0n) is 11.1. The fourth-order valence-corrected chi connectivity index (χ4v) is 1.89. The fourth-order valence-electron chi connectivity index (χ4n) is 1.89. The number of oxime groups is 1. The van der Waals surface area contributed by atoms with Crippen LogP contribution in [-0.4, -0.2) is 24.8 Å². The number of benzene rings is 1. The van der Waals surface area contributed by atoms with E-state index in [-0.39, 0.29) is 5.71 Å². The minimum absolute atomic E-state index is 0.206. The summed E-state index contributed by atoms with van der Waals surface area (Å²) >= 11 is 0. The summed E-state index contributed by atoms with van der Waals surface area (Å²) in [4.78, 5) is 4.52. The third-order valence-corrected chi connectivity index (χ3v) is 3.18. The van der Waals surface area contributed by atoms with Crippen molar-refractivity contribution in [2.75, 3.05) is 7.11 Å². The van der Waals surface area contributed by atoms with Gasteiger partial charge in [-0.3, -0.25) is 0 Å². The first-order valence-electron chi connectivity index (χ1n) is 5.92. The fraction of sp³-hybridized carbons (Fsp3) is 0.357. The van der Waals surface area contributed by atoms with Gasteiger partial charge in [0.2, 0.25) is 0 Å². The molecule has 1 aromatic rings. The minimum Gasteiger partial charge on any atom is -0.349 e. The summed E-state index contributed by atoms with van der Waals surface area (Å²) < 4.78 is 43.3. The quantitative estimate of drug-likeness (QED) is 0.846. The Bertz CT molecular complexity index is 549. The molecular weight excluding hydrogens is 271 g/mol.